The van der Waals surface area contributed by atoms with Gasteiger partial charge >= 0.3 is 6.61 Å². The molecule has 2 amide bonds. The zero-order valence-electron chi connectivity index (χ0n) is 17.6. The fourth-order valence-electron chi connectivity index (χ4n) is 2.86. The number of benzene rings is 3. The lowest BCUT2D eigenvalue weighted by atomic mass is 10.1. The Morgan fingerprint density at radius 1 is 0.781 bits per heavy atom. The number of nitrogens with one attached hydrogen (secondary N) is 2. The second-order valence-electron chi connectivity index (χ2n) is 7.11. The van der Waals surface area contributed by atoms with Crippen molar-refractivity contribution in [3.8, 4) is 5.75 Å². The Labute approximate surface area is 184 Å². The highest BCUT2D eigenvalue weighted by atomic mass is 19.3. The number of hydrogen-bond acceptors (Lipinski definition) is 3. The summed E-state index contributed by atoms with van der Waals surface area (Å²) in [5.74, 6) is -1.53. The Morgan fingerprint density at radius 3 is 1.72 bits per heavy atom. The van der Waals surface area contributed by atoms with Crippen molar-refractivity contribution in [1.29, 1.82) is 0 Å². The van der Waals surface area contributed by atoms with Crippen LogP contribution in [0.1, 0.15) is 16.7 Å². The van der Waals surface area contributed by atoms with Gasteiger partial charge in [-0.05, 0) is 50.3 Å². The predicted octanol–water partition coefficient (Wildman–Crippen LogP) is 5.57. The predicted molar refractivity (Wildman–Crippen MR) is 121 cm³/mol. The van der Waals surface area contributed by atoms with E-state index in [1.165, 1.54) is 24.3 Å². The highest BCUT2D eigenvalue weighted by molar-refractivity contribution is 6.28. The summed E-state index contributed by atoms with van der Waals surface area (Å²) in [5, 5.41) is 5.34. The lowest BCUT2D eigenvalue weighted by Crippen LogP contribution is -2.25. The summed E-state index contributed by atoms with van der Waals surface area (Å²) in [6, 6.07) is 20.0. The summed E-state index contributed by atoms with van der Waals surface area (Å²) in [5.41, 5.74) is 2.90. The van der Waals surface area contributed by atoms with Crippen LogP contribution in [-0.2, 0) is 9.59 Å². The first-order chi connectivity index (χ1) is 15.3. The van der Waals surface area contributed by atoms with E-state index < -0.39 is 18.4 Å². The molecule has 0 aromatic heterocycles. The number of anilines is 2. The summed E-state index contributed by atoms with van der Waals surface area (Å²) < 4.78 is 30.1. The van der Waals surface area contributed by atoms with Gasteiger partial charge in [0.1, 0.15) is 11.3 Å². The monoisotopic (exact) mass is 436 g/mol. The summed E-state index contributed by atoms with van der Waals surface area (Å²) in [6.07, 6.45) is 1.23. The van der Waals surface area contributed by atoms with E-state index in [-0.39, 0.29) is 16.9 Å². The Balaban J connectivity index is 1.95. The average Bonchev–Trinajstić information content (AvgIpc) is 2.75. The lowest BCUT2D eigenvalue weighted by Gasteiger charge is -2.12. The van der Waals surface area contributed by atoms with Gasteiger partial charge in [-0.15, -0.1) is 0 Å². The molecule has 0 unspecified atom stereocenters. The molecule has 0 heterocycles. The minimum absolute atomic E-state index is 0.147. The minimum atomic E-state index is -3.05. The molecule has 0 atom stereocenters. The number of alkyl halides is 2. The third-order valence-corrected chi connectivity index (χ3v) is 4.54. The van der Waals surface area contributed by atoms with Crippen molar-refractivity contribution >= 4 is 29.3 Å². The SMILES string of the molecule is Cc1ccc(NC(=O)C(=Cc2ccccc2OC(F)F)C(=O)Nc2ccc(C)cc2)cc1. The van der Waals surface area contributed by atoms with Crippen LogP contribution < -0.4 is 15.4 Å². The van der Waals surface area contributed by atoms with Crippen LogP contribution in [-0.4, -0.2) is 18.4 Å². The van der Waals surface area contributed by atoms with Crippen molar-refractivity contribution in [2.75, 3.05) is 10.6 Å². The van der Waals surface area contributed by atoms with Crippen molar-refractivity contribution in [1.82, 2.24) is 0 Å². The van der Waals surface area contributed by atoms with E-state index in [0.717, 1.165) is 11.1 Å². The van der Waals surface area contributed by atoms with Crippen molar-refractivity contribution < 1.29 is 23.1 Å². The van der Waals surface area contributed by atoms with Crippen LogP contribution in [0, 0.1) is 13.8 Å². The third-order valence-electron chi connectivity index (χ3n) is 4.54. The summed E-state index contributed by atoms with van der Waals surface area (Å²) in [6.45, 7) is 0.772. The van der Waals surface area contributed by atoms with Gasteiger partial charge in [0.15, 0.2) is 0 Å². The maximum Gasteiger partial charge on any atom is 0.387 e. The Bertz CT molecular complexity index is 1060. The number of hydrogen-bond donors (Lipinski definition) is 2. The van der Waals surface area contributed by atoms with Gasteiger partial charge in [0, 0.05) is 16.9 Å². The lowest BCUT2D eigenvalue weighted by molar-refractivity contribution is -0.118. The van der Waals surface area contributed by atoms with E-state index in [1.807, 2.05) is 38.1 Å². The van der Waals surface area contributed by atoms with Crippen LogP contribution in [0.2, 0.25) is 0 Å². The van der Waals surface area contributed by atoms with E-state index in [4.69, 9.17) is 0 Å². The highest BCUT2D eigenvalue weighted by Gasteiger charge is 2.20. The molecule has 0 spiro atoms. The van der Waals surface area contributed by atoms with Gasteiger partial charge in [-0.2, -0.15) is 8.78 Å². The van der Waals surface area contributed by atoms with Crippen molar-refractivity contribution in [3.63, 3.8) is 0 Å². The summed E-state index contributed by atoms with van der Waals surface area (Å²) in [7, 11) is 0. The van der Waals surface area contributed by atoms with E-state index in [1.54, 1.807) is 30.3 Å². The first-order valence-electron chi connectivity index (χ1n) is 9.83. The van der Waals surface area contributed by atoms with Gasteiger partial charge in [0.05, 0.1) is 0 Å². The van der Waals surface area contributed by atoms with Gasteiger partial charge in [-0.1, -0.05) is 53.6 Å². The standard InChI is InChI=1S/C25H22F2N2O3/c1-16-7-11-19(12-8-16)28-23(30)21(24(31)29-20-13-9-17(2)10-14-20)15-18-5-3-4-6-22(18)32-25(26)27/h3-15,25H,1-2H3,(H,28,30)(H,29,31). The molecule has 7 heteroatoms. The fourth-order valence-corrected chi connectivity index (χ4v) is 2.86. The molecule has 0 bridgehead atoms. The maximum atomic E-state index is 13.0. The molecular weight excluding hydrogens is 414 g/mol. The first kappa shape index (κ1) is 22.7. The average molecular weight is 436 g/mol. The normalized spacial score (nSPS) is 10.4. The zero-order chi connectivity index (χ0) is 23.1. The second-order valence-corrected chi connectivity index (χ2v) is 7.11. The van der Waals surface area contributed by atoms with Crippen LogP contribution >= 0.6 is 0 Å². The fraction of sp³-hybridized carbons (Fsp3) is 0.120. The molecule has 0 saturated heterocycles. The number of carbonyl (C=O) groups excluding carboxylic acids is 2. The molecule has 3 aromatic rings. The van der Waals surface area contributed by atoms with Gasteiger partial charge in [-0.25, -0.2) is 0 Å². The topological polar surface area (TPSA) is 67.4 Å². The van der Waals surface area contributed by atoms with Gasteiger partial charge in [0.25, 0.3) is 11.8 Å². The van der Waals surface area contributed by atoms with E-state index in [0.29, 0.717) is 11.4 Å². The van der Waals surface area contributed by atoms with Crippen LogP contribution in [0.4, 0.5) is 20.2 Å². The van der Waals surface area contributed by atoms with Crippen molar-refractivity contribution in [2.24, 2.45) is 0 Å². The summed E-state index contributed by atoms with van der Waals surface area (Å²) >= 11 is 0. The molecule has 3 rings (SSSR count). The number of carbonyl (C=O) groups is 2. The second kappa shape index (κ2) is 10.3. The van der Waals surface area contributed by atoms with E-state index in [2.05, 4.69) is 15.4 Å². The number of para-hydroxylation sites is 1. The smallest absolute Gasteiger partial charge is 0.387 e. The summed E-state index contributed by atoms with van der Waals surface area (Å²) in [4.78, 5) is 26.0. The molecule has 2 N–H and O–H groups in total. The van der Waals surface area contributed by atoms with Crippen LogP contribution in [0.15, 0.2) is 78.4 Å². The molecule has 0 radical (unpaired) electrons. The van der Waals surface area contributed by atoms with Crippen LogP contribution in [0.3, 0.4) is 0 Å². The largest absolute Gasteiger partial charge is 0.434 e. The molecule has 32 heavy (non-hydrogen) atoms. The number of halogens is 2. The minimum Gasteiger partial charge on any atom is -0.434 e. The molecule has 3 aromatic carbocycles. The highest BCUT2D eigenvalue weighted by Crippen LogP contribution is 2.24. The zero-order valence-corrected chi connectivity index (χ0v) is 17.6. The third kappa shape index (κ3) is 6.25. The molecule has 0 aliphatic rings. The molecule has 0 fully saturated rings. The Hall–Kier alpha value is -4.00. The number of rotatable bonds is 7. The van der Waals surface area contributed by atoms with Gasteiger partial charge in [-0.3, -0.25) is 9.59 Å². The van der Waals surface area contributed by atoms with Crippen molar-refractivity contribution in [2.45, 2.75) is 20.5 Å². The molecule has 0 aliphatic carbocycles. The quantitative estimate of drug-likeness (QED) is 0.289. The first-order valence-corrected chi connectivity index (χ1v) is 9.83. The van der Waals surface area contributed by atoms with E-state index in [9.17, 15) is 18.4 Å². The molecule has 5 nitrogen and oxygen atoms in total. The molecular formula is C25H22F2N2O3. The molecule has 0 aliphatic heterocycles. The molecule has 164 valence electrons. The number of amides is 2. The van der Waals surface area contributed by atoms with Crippen LogP contribution in [0.25, 0.3) is 6.08 Å². The number of ether oxygens (including phenoxy) is 1. The number of aryl methyl sites for hydroxylation is 2. The molecule has 0 saturated carbocycles. The Morgan fingerprint density at radius 2 is 1.25 bits per heavy atom. The van der Waals surface area contributed by atoms with E-state index >= 15 is 0 Å². The van der Waals surface area contributed by atoms with Crippen LogP contribution in [0.5, 0.6) is 5.75 Å². The van der Waals surface area contributed by atoms with Crippen molar-refractivity contribution in [3.05, 3.63) is 95.1 Å². The Kier molecular flexibility index (Phi) is 7.33. The van der Waals surface area contributed by atoms with Gasteiger partial charge in [0.2, 0.25) is 0 Å². The maximum absolute atomic E-state index is 13.0. The van der Waals surface area contributed by atoms with Gasteiger partial charge < -0.3 is 15.4 Å².